The number of pyridine rings is 1. The zero-order valence-electron chi connectivity index (χ0n) is 9.73. The van der Waals surface area contributed by atoms with E-state index in [9.17, 15) is 0 Å². The van der Waals surface area contributed by atoms with Crippen LogP contribution in [0.4, 0.5) is 0 Å². The van der Waals surface area contributed by atoms with Gasteiger partial charge < -0.3 is 4.57 Å². The van der Waals surface area contributed by atoms with Crippen molar-refractivity contribution in [2.24, 2.45) is 0 Å². The molecule has 0 bridgehead atoms. The average molecular weight is 203 g/mol. The lowest BCUT2D eigenvalue weighted by Gasteiger charge is -2.08. The number of hydrogen-bond acceptors (Lipinski definition) is 2. The van der Waals surface area contributed by atoms with Gasteiger partial charge in [0.15, 0.2) is 5.65 Å². The van der Waals surface area contributed by atoms with Crippen LogP contribution in [0.2, 0.25) is 0 Å². The number of imidazole rings is 1. The van der Waals surface area contributed by atoms with Crippen LogP contribution >= 0.6 is 0 Å². The molecule has 3 nitrogen and oxygen atoms in total. The van der Waals surface area contributed by atoms with Crippen molar-refractivity contribution in [1.29, 1.82) is 0 Å². The van der Waals surface area contributed by atoms with E-state index in [1.807, 2.05) is 12.5 Å². The molecule has 2 rings (SSSR count). The second kappa shape index (κ2) is 3.65. The van der Waals surface area contributed by atoms with Crippen molar-refractivity contribution < 1.29 is 0 Å². The van der Waals surface area contributed by atoms with Gasteiger partial charge in [-0.25, -0.2) is 9.97 Å². The van der Waals surface area contributed by atoms with Gasteiger partial charge >= 0.3 is 0 Å². The van der Waals surface area contributed by atoms with E-state index in [-0.39, 0.29) is 0 Å². The monoisotopic (exact) mass is 203 g/mol. The molecular weight excluding hydrogens is 186 g/mol. The lowest BCUT2D eigenvalue weighted by atomic mass is 10.0. The fourth-order valence-corrected chi connectivity index (χ4v) is 1.80. The van der Waals surface area contributed by atoms with Crippen LogP contribution in [0.5, 0.6) is 0 Å². The summed E-state index contributed by atoms with van der Waals surface area (Å²) in [6, 6.07) is 2.47. The number of nitrogens with zero attached hydrogens (tertiary/aromatic N) is 3. The molecule has 0 atom stereocenters. The summed E-state index contributed by atoms with van der Waals surface area (Å²) in [5.74, 6) is 0.492. The highest BCUT2D eigenvalue weighted by Gasteiger charge is 2.11. The maximum absolute atomic E-state index is 4.46. The van der Waals surface area contributed by atoms with Gasteiger partial charge in [0.1, 0.15) is 5.52 Å². The van der Waals surface area contributed by atoms with Crippen LogP contribution in [0.25, 0.3) is 11.2 Å². The quantitative estimate of drug-likeness (QED) is 0.750. The molecule has 0 saturated carbocycles. The summed E-state index contributed by atoms with van der Waals surface area (Å²) in [6.45, 7) is 8.65. The molecule has 2 heterocycles. The Labute approximate surface area is 90.2 Å². The van der Waals surface area contributed by atoms with Crippen molar-refractivity contribution >= 4 is 11.2 Å². The van der Waals surface area contributed by atoms with E-state index in [1.54, 1.807) is 0 Å². The summed E-state index contributed by atoms with van der Waals surface area (Å²) in [5.41, 5.74) is 3.32. The first-order valence-electron chi connectivity index (χ1n) is 5.42. The molecule has 0 saturated heterocycles. The van der Waals surface area contributed by atoms with Crippen molar-refractivity contribution in [2.75, 3.05) is 0 Å². The number of aromatic nitrogens is 3. The Hall–Kier alpha value is -1.38. The number of hydrogen-bond donors (Lipinski definition) is 0. The zero-order chi connectivity index (χ0) is 11.0. The highest BCUT2D eigenvalue weighted by atomic mass is 15.1. The molecule has 0 unspecified atom stereocenters. The predicted molar refractivity (Wildman–Crippen MR) is 62.0 cm³/mol. The Kier molecular flexibility index (Phi) is 2.47. The first-order valence-corrected chi connectivity index (χ1v) is 5.42. The third-order valence-electron chi connectivity index (χ3n) is 2.67. The molecular formula is C12H17N3. The van der Waals surface area contributed by atoms with Crippen molar-refractivity contribution in [3.05, 3.63) is 24.2 Å². The first-order chi connectivity index (χ1) is 7.11. The van der Waals surface area contributed by atoms with Gasteiger partial charge in [-0.05, 0) is 31.4 Å². The van der Waals surface area contributed by atoms with Crippen molar-refractivity contribution in [2.45, 2.75) is 39.7 Å². The first kappa shape index (κ1) is 10.1. The van der Waals surface area contributed by atoms with Gasteiger partial charge in [0.05, 0.1) is 6.33 Å². The second-order valence-electron chi connectivity index (χ2n) is 4.47. The van der Waals surface area contributed by atoms with Gasteiger partial charge in [0.25, 0.3) is 0 Å². The fraction of sp³-hybridized carbons (Fsp3) is 0.500. The Morgan fingerprint density at radius 3 is 2.47 bits per heavy atom. The van der Waals surface area contributed by atoms with Gasteiger partial charge in [-0.2, -0.15) is 0 Å². The highest BCUT2D eigenvalue weighted by molar-refractivity contribution is 5.75. The van der Waals surface area contributed by atoms with Crippen LogP contribution in [0, 0.1) is 0 Å². The van der Waals surface area contributed by atoms with E-state index in [0.717, 1.165) is 11.2 Å². The molecule has 80 valence electrons. The fourth-order valence-electron chi connectivity index (χ4n) is 1.80. The smallest absolute Gasteiger partial charge is 0.160 e. The molecule has 0 radical (unpaired) electrons. The average Bonchev–Trinajstić information content (AvgIpc) is 2.59. The minimum absolute atomic E-state index is 0.407. The molecule has 15 heavy (non-hydrogen) atoms. The lowest BCUT2D eigenvalue weighted by Crippen LogP contribution is -2.00. The van der Waals surface area contributed by atoms with Crippen molar-refractivity contribution in [1.82, 2.24) is 14.5 Å². The summed E-state index contributed by atoms with van der Waals surface area (Å²) < 4.78 is 2.11. The standard InChI is InChI=1S/C12H17N3/c1-8(2)10-5-6-13-12-11(10)14-7-15(12)9(3)4/h5-9H,1-4H3. The molecule has 0 aliphatic carbocycles. The second-order valence-corrected chi connectivity index (χ2v) is 4.47. The molecule has 2 aromatic heterocycles. The summed E-state index contributed by atoms with van der Waals surface area (Å²) in [7, 11) is 0. The Morgan fingerprint density at radius 2 is 1.87 bits per heavy atom. The molecule has 0 N–H and O–H groups in total. The van der Waals surface area contributed by atoms with E-state index < -0.39 is 0 Å². The summed E-state index contributed by atoms with van der Waals surface area (Å²) in [4.78, 5) is 8.87. The lowest BCUT2D eigenvalue weighted by molar-refractivity contribution is 0.613. The number of rotatable bonds is 2. The van der Waals surface area contributed by atoms with Gasteiger partial charge in [0, 0.05) is 12.2 Å². The highest BCUT2D eigenvalue weighted by Crippen LogP contribution is 2.23. The van der Waals surface area contributed by atoms with E-state index >= 15 is 0 Å². The molecule has 0 fully saturated rings. The minimum atomic E-state index is 0.407. The molecule has 0 amide bonds. The van der Waals surface area contributed by atoms with Crippen LogP contribution in [-0.2, 0) is 0 Å². The van der Waals surface area contributed by atoms with Crippen LogP contribution in [0.3, 0.4) is 0 Å². The van der Waals surface area contributed by atoms with Crippen LogP contribution in [-0.4, -0.2) is 14.5 Å². The third kappa shape index (κ3) is 1.62. The van der Waals surface area contributed by atoms with Gasteiger partial charge in [-0.1, -0.05) is 13.8 Å². The topological polar surface area (TPSA) is 30.7 Å². The van der Waals surface area contributed by atoms with Crippen LogP contribution in [0.15, 0.2) is 18.6 Å². The largest absolute Gasteiger partial charge is 0.313 e. The van der Waals surface area contributed by atoms with Crippen LogP contribution in [0.1, 0.15) is 45.2 Å². The minimum Gasteiger partial charge on any atom is -0.313 e. The SMILES string of the molecule is CC(C)c1ccnc2c1ncn2C(C)C. The Morgan fingerprint density at radius 1 is 1.13 bits per heavy atom. The summed E-state index contributed by atoms with van der Waals surface area (Å²) in [5, 5.41) is 0. The Bertz CT molecular complexity index is 469. The molecule has 0 aliphatic heterocycles. The van der Waals surface area contributed by atoms with E-state index in [4.69, 9.17) is 0 Å². The molecule has 3 heteroatoms. The van der Waals surface area contributed by atoms with E-state index in [0.29, 0.717) is 12.0 Å². The predicted octanol–water partition coefficient (Wildman–Crippen LogP) is 3.14. The van der Waals surface area contributed by atoms with Crippen molar-refractivity contribution in [3.8, 4) is 0 Å². The Balaban J connectivity index is 2.69. The summed E-state index contributed by atoms with van der Waals surface area (Å²) >= 11 is 0. The summed E-state index contributed by atoms with van der Waals surface area (Å²) in [6.07, 6.45) is 3.76. The van der Waals surface area contributed by atoms with E-state index in [2.05, 4.69) is 48.3 Å². The van der Waals surface area contributed by atoms with Gasteiger partial charge in [-0.3, -0.25) is 0 Å². The molecule has 0 aliphatic rings. The number of fused-ring (bicyclic) bond motifs is 1. The zero-order valence-corrected chi connectivity index (χ0v) is 9.73. The molecule has 2 aromatic rings. The maximum atomic E-state index is 4.46. The molecule has 0 spiro atoms. The van der Waals surface area contributed by atoms with Crippen molar-refractivity contribution in [3.63, 3.8) is 0 Å². The third-order valence-corrected chi connectivity index (χ3v) is 2.67. The maximum Gasteiger partial charge on any atom is 0.160 e. The normalized spacial score (nSPS) is 11.9. The van der Waals surface area contributed by atoms with Gasteiger partial charge in [-0.15, -0.1) is 0 Å². The molecule has 0 aromatic carbocycles. The van der Waals surface area contributed by atoms with Gasteiger partial charge in [0.2, 0.25) is 0 Å². The van der Waals surface area contributed by atoms with E-state index in [1.165, 1.54) is 5.56 Å². The van der Waals surface area contributed by atoms with Crippen LogP contribution < -0.4 is 0 Å².